The Morgan fingerprint density at radius 3 is 2.95 bits per heavy atom. The van der Waals surface area contributed by atoms with E-state index in [9.17, 15) is 0 Å². The van der Waals surface area contributed by atoms with Crippen molar-refractivity contribution in [3.63, 3.8) is 0 Å². The summed E-state index contributed by atoms with van der Waals surface area (Å²) in [6.45, 7) is 2.81. The van der Waals surface area contributed by atoms with Crippen LogP contribution < -0.4 is 14.8 Å². The van der Waals surface area contributed by atoms with Crippen molar-refractivity contribution in [2.45, 2.75) is 26.0 Å². The van der Waals surface area contributed by atoms with Gasteiger partial charge in [-0.1, -0.05) is 6.07 Å². The number of hydrogen-bond acceptors (Lipinski definition) is 3. The maximum atomic E-state index is 5.83. The van der Waals surface area contributed by atoms with Crippen molar-refractivity contribution in [2.24, 2.45) is 0 Å². The van der Waals surface area contributed by atoms with Gasteiger partial charge in [0.2, 0.25) is 0 Å². The van der Waals surface area contributed by atoms with Gasteiger partial charge in [0.05, 0.1) is 7.11 Å². The molecule has 110 valence electrons. The number of anilines is 1. The molecule has 1 aliphatic rings. The molecule has 1 atom stereocenters. The highest BCUT2D eigenvalue weighted by molar-refractivity contribution is 14.1. The second-order valence-corrected chi connectivity index (χ2v) is 6.51. The van der Waals surface area contributed by atoms with E-state index >= 15 is 0 Å². The Bertz CT molecular complexity index is 657. The highest BCUT2D eigenvalue weighted by Crippen LogP contribution is 2.35. The molecule has 0 aromatic heterocycles. The molecule has 1 heterocycles. The van der Waals surface area contributed by atoms with Crippen LogP contribution in [-0.2, 0) is 13.0 Å². The predicted molar refractivity (Wildman–Crippen MR) is 93.3 cm³/mol. The topological polar surface area (TPSA) is 30.5 Å². The monoisotopic (exact) mass is 395 g/mol. The quantitative estimate of drug-likeness (QED) is 0.786. The minimum Gasteiger partial charge on any atom is -0.496 e. The van der Waals surface area contributed by atoms with E-state index in [1.54, 1.807) is 7.11 Å². The summed E-state index contributed by atoms with van der Waals surface area (Å²) < 4.78 is 12.6. The second-order valence-electron chi connectivity index (χ2n) is 5.27. The van der Waals surface area contributed by atoms with Crippen molar-refractivity contribution in [3.05, 3.63) is 51.1 Å². The van der Waals surface area contributed by atoms with Crippen LogP contribution in [0.1, 0.15) is 18.1 Å². The summed E-state index contributed by atoms with van der Waals surface area (Å²) in [5.41, 5.74) is 3.46. The first-order valence-electron chi connectivity index (χ1n) is 7.01. The fourth-order valence-electron chi connectivity index (χ4n) is 2.61. The molecule has 2 aromatic carbocycles. The van der Waals surface area contributed by atoms with Gasteiger partial charge in [-0.3, -0.25) is 0 Å². The number of rotatable bonds is 4. The van der Waals surface area contributed by atoms with Crippen LogP contribution in [0.15, 0.2) is 36.4 Å². The highest BCUT2D eigenvalue weighted by Gasteiger charge is 2.21. The van der Waals surface area contributed by atoms with Gasteiger partial charge in [0.15, 0.2) is 0 Å². The minimum absolute atomic E-state index is 0.253. The molecule has 0 amide bonds. The molecule has 0 fully saturated rings. The van der Waals surface area contributed by atoms with Gasteiger partial charge in [0.25, 0.3) is 0 Å². The average molecular weight is 395 g/mol. The molecule has 0 spiro atoms. The van der Waals surface area contributed by atoms with Gasteiger partial charge in [-0.2, -0.15) is 0 Å². The summed E-state index contributed by atoms with van der Waals surface area (Å²) >= 11 is 2.32. The molecule has 1 aliphatic heterocycles. The second kappa shape index (κ2) is 6.13. The van der Waals surface area contributed by atoms with E-state index in [1.165, 1.54) is 9.13 Å². The van der Waals surface area contributed by atoms with E-state index in [1.807, 2.05) is 0 Å². The summed E-state index contributed by atoms with van der Waals surface area (Å²) in [5, 5.41) is 3.44. The number of fused-ring (bicyclic) bond motifs is 1. The van der Waals surface area contributed by atoms with Crippen molar-refractivity contribution >= 4 is 28.3 Å². The molecule has 0 radical (unpaired) electrons. The average Bonchev–Trinajstić information content (AvgIpc) is 2.83. The van der Waals surface area contributed by atoms with Crippen LogP contribution in [0.3, 0.4) is 0 Å². The van der Waals surface area contributed by atoms with Crippen LogP contribution in [0.2, 0.25) is 0 Å². The zero-order chi connectivity index (χ0) is 14.8. The molecule has 2 aromatic rings. The summed E-state index contributed by atoms with van der Waals surface area (Å²) in [6, 6.07) is 12.5. The lowest BCUT2D eigenvalue weighted by molar-refractivity contribution is 0.254. The summed E-state index contributed by atoms with van der Waals surface area (Å²) in [7, 11) is 1.72. The zero-order valence-corrected chi connectivity index (χ0v) is 14.3. The largest absolute Gasteiger partial charge is 0.496 e. The van der Waals surface area contributed by atoms with Gasteiger partial charge in [0, 0.05) is 33.4 Å². The lowest BCUT2D eigenvalue weighted by Gasteiger charge is -2.13. The molecule has 0 saturated heterocycles. The Labute approximate surface area is 138 Å². The number of benzene rings is 2. The third-order valence-electron chi connectivity index (χ3n) is 3.61. The molecule has 4 heteroatoms. The number of halogens is 1. The first-order chi connectivity index (χ1) is 10.2. The van der Waals surface area contributed by atoms with Crippen molar-refractivity contribution in [2.75, 3.05) is 12.4 Å². The lowest BCUT2D eigenvalue weighted by Crippen LogP contribution is -2.05. The van der Waals surface area contributed by atoms with Crippen LogP contribution in [0, 0.1) is 3.57 Å². The van der Waals surface area contributed by atoms with Gasteiger partial charge >= 0.3 is 0 Å². The van der Waals surface area contributed by atoms with E-state index in [0.717, 1.165) is 29.2 Å². The SMILES string of the molecule is COc1cc2c(cc1CNc1cccc(I)c1)OC(C)C2. The van der Waals surface area contributed by atoms with Gasteiger partial charge < -0.3 is 14.8 Å². The number of nitrogens with one attached hydrogen (secondary N) is 1. The molecule has 1 unspecified atom stereocenters. The van der Waals surface area contributed by atoms with E-state index in [0.29, 0.717) is 6.54 Å². The first-order valence-corrected chi connectivity index (χ1v) is 8.09. The molecule has 1 N–H and O–H groups in total. The van der Waals surface area contributed by atoms with Gasteiger partial charge in [-0.15, -0.1) is 0 Å². The number of ether oxygens (including phenoxy) is 2. The van der Waals surface area contributed by atoms with Crippen molar-refractivity contribution in [1.29, 1.82) is 0 Å². The predicted octanol–water partition coefficient (Wildman–Crippen LogP) is 4.24. The van der Waals surface area contributed by atoms with E-state index in [4.69, 9.17) is 9.47 Å². The van der Waals surface area contributed by atoms with Crippen LogP contribution in [0.25, 0.3) is 0 Å². The van der Waals surface area contributed by atoms with Crippen molar-refractivity contribution in [3.8, 4) is 11.5 Å². The van der Waals surface area contributed by atoms with Crippen LogP contribution in [-0.4, -0.2) is 13.2 Å². The van der Waals surface area contributed by atoms with E-state index in [-0.39, 0.29) is 6.10 Å². The van der Waals surface area contributed by atoms with Crippen molar-refractivity contribution < 1.29 is 9.47 Å². The van der Waals surface area contributed by atoms with E-state index < -0.39 is 0 Å². The maximum Gasteiger partial charge on any atom is 0.124 e. The molecule has 0 saturated carbocycles. The maximum absolute atomic E-state index is 5.83. The fraction of sp³-hybridized carbons (Fsp3) is 0.294. The van der Waals surface area contributed by atoms with Crippen LogP contribution in [0.4, 0.5) is 5.69 Å². The Balaban J connectivity index is 1.80. The third kappa shape index (κ3) is 3.26. The Kier molecular flexibility index (Phi) is 4.24. The molecule has 3 rings (SSSR count). The summed E-state index contributed by atoms with van der Waals surface area (Å²) in [6.07, 6.45) is 1.21. The molecule has 21 heavy (non-hydrogen) atoms. The lowest BCUT2D eigenvalue weighted by atomic mass is 10.1. The third-order valence-corrected chi connectivity index (χ3v) is 4.28. The Morgan fingerprint density at radius 1 is 1.33 bits per heavy atom. The molecule has 0 aliphatic carbocycles. The summed E-state index contributed by atoms with van der Waals surface area (Å²) in [4.78, 5) is 0. The Hall–Kier alpha value is -1.43. The molecular formula is C17H18INO2. The number of methoxy groups -OCH3 is 1. The van der Waals surface area contributed by atoms with E-state index in [2.05, 4.69) is 71.2 Å². The van der Waals surface area contributed by atoms with Crippen LogP contribution >= 0.6 is 22.6 Å². The zero-order valence-electron chi connectivity index (χ0n) is 12.2. The Morgan fingerprint density at radius 2 is 2.19 bits per heavy atom. The first kappa shape index (κ1) is 14.5. The van der Waals surface area contributed by atoms with Crippen molar-refractivity contribution in [1.82, 2.24) is 0 Å². The highest BCUT2D eigenvalue weighted by atomic mass is 127. The normalized spacial score (nSPS) is 16.2. The smallest absolute Gasteiger partial charge is 0.124 e. The summed E-state index contributed by atoms with van der Waals surface area (Å²) in [5.74, 6) is 1.91. The standard InChI is InChI=1S/C17H18INO2/c1-11-6-12-7-16(20-2)13(8-17(12)21-11)10-19-15-5-3-4-14(18)9-15/h3-5,7-9,11,19H,6,10H2,1-2H3. The van der Waals surface area contributed by atoms with Crippen LogP contribution in [0.5, 0.6) is 11.5 Å². The molecule has 3 nitrogen and oxygen atoms in total. The van der Waals surface area contributed by atoms with Gasteiger partial charge in [0.1, 0.15) is 17.6 Å². The minimum atomic E-state index is 0.253. The van der Waals surface area contributed by atoms with Gasteiger partial charge in [-0.05, 0) is 59.8 Å². The fourth-order valence-corrected chi connectivity index (χ4v) is 3.15. The van der Waals surface area contributed by atoms with Gasteiger partial charge in [-0.25, -0.2) is 0 Å². The molecule has 0 bridgehead atoms. The molecular weight excluding hydrogens is 377 g/mol. The number of hydrogen-bond donors (Lipinski definition) is 1.